The van der Waals surface area contributed by atoms with E-state index in [-0.39, 0.29) is 5.91 Å². The van der Waals surface area contributed by atoms with Crippen LogP contribution in [0.1, 0.15) is 12.0 Å². The molecular weight excluding hydrogens is 230 g/mol. The van der Waals surface area contributed by atoms with E-state index in [0.29, 0.717) is 18.0 Å². The van der Waals surface area contributed by atoms with E-state index < -0.39 is 0 Å². The van der Waals surface area contributed by atoms with Gasteiger partial charge in [-0.15, -0.1) is 0 Å². The van der Waals surface area contributed by atoms with Gasteiger partial charge in [-0.25, -0.2) is 0 Å². The number of nitrogen functional groups attached to an aromatic ring is 1. The molecule has 1 aromatic carbocycles. The molecule has 3 rings (SSSR count). The normalized spacial score (nSPS) is 14.7. The van der Waals surface area contributed by atoms with Crippen molar-refractivity contribution < 1.29 is 9.32 Å². The monoisotopic (exact) mass is 243 g/mol. The molecule has 1 amide bonds. The molecule has 0 atom stereocenters. The summed E-state index contributed by atoms with van der Waals surface area (Å²) in [7, 11) is 1.79. The summed E-state index contributed by atoms with van der Waals surface area (Å²) in [6.07, 6.45) is 1.24. The van der Waals surface area contributed by atoms with Gasteiger partial charge in [-0.05, 0) is 18.1 Å². The minimum atomic E-state index is 0.136. The SMILES string of the molecule is CN1C(=O)CCc2c(-c3cc(N)no3)cccc21. The summed E-state index contributed by atoms with van der Waals surface area (Å²) in [6, 6.07) is 7.51. The molecule has 18 heavy (non-hydrogen) atoms. The fraction of sp³-hybridized carbons (Fsp3) is 0.231. The Morgan fingerprint density at radius 1 is 1.39 bits per heavy atom. The van der Waals surface area contributed by atoms with Crippen LogP contribution in [0.3, 0.4) is 0 Å². The van der Waals surface area contributed by atoms with Gasteiger partial charge in [0.15, 0.2) is 11.6 Å². The second-order valence-corrected chi connectivity index (χ2v) is 4.37. The number of anilines is 2. The second-order valence-electron chi connectivity index (χ2n) is 4.37. The van der Waals surface area contributed by atoms with Crippen molar-refractivity contribution in [1.82, 2.24) is 5.16 Å². The molecule has 1 aromatic heterocycles. The van der Waals surface area contributed by atoms with Crippen molar-refractivity contribution in [3.05, 3.63) is 29.8 Å². The van der Waals surface area contributed by atoms with Crippen molar-refractivity contribution in [3.63, 3.8) is 0 Å². The zero-order valence-corrected chi connectivity index (χ0v) is 10.0. The van der Waals surface area contributed by atoms with Crippen molar-refractivity contribution in [2.45, 2.75) is 12.8 Å². The quantitative estimate of drug-likeness (QED) is 0.829. The second kappa shape index (κ2) is 3.87. The summed E-state index contributed by atoms with van der Waals surface area (Å²) in [4.78, 5) is 13.4. The number of hydrogen-bond donors (Lipinski definition) is 1. The summed E-state index contributed by atoms with van der Waals surface area (Å²) in [5.74, 6) is 1.15. The van der Waals surface area contributed by atoms with Gasteiger partial charge in [0.25, 0.3) is 0 Å². The maximum absolute atomic E-state index is 11.7. The van der Waals surface area contributed by atoms with Gasteiger partial charge in [0.2, 0.25) is 5.91 Å². The van der Waals surface area contributed by atoms with Crippen molar-refractivity contribution in [3.8, 4) is 11.3 Å². The summed E-state index contributed by atoms with van der Waals surface area (Å²) in [5.41, 5.74) is 8.56. The lowest BCUT2D eigenvalue weighted by Gasteiger charge is -2.26. The van der Waals surface area contributed by atoms with E-state index in [0.717, 1.165) is 23.2 Å². The summed E-state index contributed by atoms with van der Waals surface area (Å²) in [6.45, 7) is 0. The Hall–Kier alpha value is -2.30. The van der Waals surface area contributed by atoms with E-state index >= 15 is 0 Å². The Bertz CT molecular complexity index is 618. The molecular formula is C13H13N3O2. The van der Waals surface area contributed by atoms with Crippen LogP contribution in [0.5, 0.6) is 0 Å². The number of amides is 1. The molecule has 0 spiro atoms. The first-order chi connectivity index (χ1) is 8.66. The maximum Gasteiger partial charge on any atom is 0.227 e. The van der Waals surface area contributed by atoms with Gasteiger partial charge in [-0.2, -0.15) is 0 Å². The van der Waals surface area contributed by atoms with E-state index in [1.54, 1.807) is 18.0 Å². The number of nitrogens with zero attached hydrogens (tertiary/aromatic N) is 2. The average Bonchev–Trinajstić information content (AvgIpc) is 2.80. The largest absolute Gasteiger partial charge is 0.381 e. The van der Waals surface area contributed by atoms with Gasteiger partial charge >= 0.3 is 0 Å². The van der Waals surface area contributed by atoms with Crippen LogP contribution in [0, 0.1) is 0 Å². The minimum absolute atomic E-state index is 0.136. The van der Waals surface area contributed by atoms with E-state index in [1.807, 2.05) is 18.2 Å². The van der Waals surface area contributed by atoms with Gasteiger partial charge in [-0.3, -0.25) is 4.79 Å². The molecule has 0 unspecified atom stereocenters. The zero-order chi connectivity index (χ0) is 12.7. The Labute approximate surface area is 104 Å². The maximum atomic E-state index is 11.7. The average molecular weight is 243 g/mol. The first-order valence-electron chi connectivity index (χ1n) is 5.78. The molecule has 2 heterocycles. The molecule has 2 aromatic rings. The predicted octanol–water partition coefficient (Wildman–Crippen LogP) is 1.83. The van der Waals surface area contributed by atoms with E-state index in [1.165, 1.54) is 0 Å². The van der Waals surface area contributed by atoms with Crippen molar-refractivity contribution in [1.29, 1.82) is 0 Å². The lowest BCUT2D eigenvalue weighted by molar-refractivity contribution is -0.118. The molecule has 1 aliphatic heterocycles. The number of carbonyl (C=O) groups excluding carboxylic acids is 1. The Morgan fingerprint density at radius 2 is 2.22 bits per heavy atom. The highest BCUT2D eigenvalue weighted by Crippen LogP contribution is 2.35. The third-order valence-corrected chi connectivity index (χ3v) is 3.27. The van der Waals surface area contributed by atoms with Crippen LogP contribution in [0.15, 0.2) is 28.8 Å². The molecule has 0 fully saturated rings. The summed E-state index contributed by atoms with van der Waals surface area (Å²) < 4.78 is 5.20. The lowest BCUT2D eigenvalue weighted by atomic mass is 9.95. The smallest absolute Gasteiger partial charge is 0.227 e. The molecule has 0 aliphatic carbocycles. The summed E-state index contributed by atoms with van der Waals surface area (Å²) >= 11 is 0. The Balaban J connectivity index is 2.15. The number of fused-ring (bicyclic) bond motifs is 1. The number of nitrogens with two attached hydrogens (primary N) is 1. The first-order valence-corrected chi connectivity index (χ1v) is 5.78. The van der Waals surface area contributed by atoms with E-state index in [9.17, 15) is 4.79 Å². The molecule has 0 saturated carbocycles. The third-order valence-electron chi connectivity index (χ3n) is 3.27. The van der Waals surface area contributed by atoms with Crippen LogP contribution >= 0.6 is 0 Å². The molecule has 1 aliphatic rings. The van der Waals surface area contributed by atoms with Gasteiger partial charge in [0.1, 0.15) is 0 Å². The highest BCUT2D eigenvalue weighted by molar-refractivity contribution is 5.97. The predicted molar refractivity (Wildman–Crippen MR) is 68.1 cm³/mol. The third kappa shape index (κ3) is 1.55. The molecule has 92 valence electrons. The fourth-order valence-electron chi connectivity index (χ4n) is 2.33. The highest BCUT2D eigenvalue weighted by atomic mass is 16.5. The van der Waals surface area contributed by atoms with E-state index in [4.69, 9.17) is 10.3 Å². The summed E-state index contributed by atoms with van der Waals surface area (Å²) in [5, 5.41) is 3.70. The fourth-order valence-corrected chi connectivity index (χ4v) is 2.33. The molecule has 2 N–H and O–H groups in total. The molecule has 5 heteroatoms. The molecule has 0 saturated heterocycles. The number of benzene rings is 1. The van der Waals surface area contributed by atoms with E-state index in [2.05, 4.69) is 5.16 Å². The van der Waals surface area contributed by atoms with Gasteiger partial charge in [0, 0.05) is 30.8 Å². The van der Waals surface area contributed by atoms with Gasteiger partial charge in [0.05, 0.1) is 0 Å². The van der Waals surface area contributed by atoms with Crippen molar-refractivity contribution in [2.24, 2.45) is 0 Å². The lowest BCUT2D eigenvalue weighted by Crippen LogP contribution is -2.31. The van der Waals surface area contributed by atoms with Gasteiger partial charge < -0.3 is 15.2 Å². The number of rotatable bonds is 1. The van der Waals surface area contributed by atoms with Crippen LogP contribution in [0.2, 0.25) is 0 Å². The molecule has 0 radical (unpaired) electrons. The standard InChI is InChI=1S/C13H13N3O2/c1-16-10-4-2-3-9(8(10)5-6-13(16)17)11-7-12(14)15-18-11/h2-4,7H,5-6H2,1H3,(H2,14,15). The van der Waals surface area contributed by atoms with Crippen molar-refractivity contribution >= 4 is 17.4 Å². The van der Waals surface area contributed by atoms with Crippen molar-refractivity contribution in [2.75, 3.05) is 17.7 Å². The number of carbonyl (C=O) groups is 1. The van der Waals surface area contributed by atoms with Gasteiger partial charge in [-0.1, -0.05) is 17.3 Å². The topological polar surface area (TPSA) is 72.4 Å². The number of aromatic nitrogens is 1. The Kier molecular flexibility index (Phi) is 2.33. The van der Waals surface area contributed by atoms with Crippen LogP contribution in [-0.4, -0.2) is 18.1 Å². The van der Waals surface area contributed by atoms with Crippen LogP contribution < -0.4 is 10.6 Å². The highest BCUT2D eigenvalue weighted by Gasteiger charge is 2.24. The minimum Gasteiger partial charge on any atom is -0.381 e. The van der Waals surface area contributed by atoms with Crippen LogP contribution in [0.25, 0.3) is 11.3 Å². The number of hydrogen-bond acceptors (Lipinski definition) is 4. The Morgan fingerprint density at radius 3 is 2.94 bits per heavy atom. The first kappa shape index (κ1) is 10.8. The van der Waals surface area contributed by atoms with Crippen LogP contribution in [-0.2, 0) is 11.2 Å². The molecule has 5 nitrogen and oxygen atoms in total. The zero-order valence-electron chi connectivity index (χ0n) is 10.0. The molecule has 0 bridgehead atoms. The van der Waals surface area contributed by atoms with Crippen LogP contribution in [0.4, 0.5) is 11.5 Å².